The van der Waals surface area contributed by atoms with Gasteiger partial charge in [-0.3, -0.25) is 9.97 Å². The number of ether oxygens (including phenoxy) is 3. The number of carbonyl (C=O) groups is 2. The van der Waals surface area contributed by atoms with Crippen LogP contribution in [0.5, 0.6) is 11.5 Å². The molecule has 5 rings (SSSR count). The van der Waals surface area contributed by atoms with Gasteiger partial charge in [-0.2, -0.15) is 4.39 Å². The first-order valence-corrected chi connectivity index (χ1v) is 14.9. The number of fused-ring (bicyclic) bond motifs is 1. The summed E-state index contributed by atoms with van der Waals surface area (Å²) in [7, 11) is 1.57. The Morgan fingerprint density at radius 2 is 1.86 bits per heavy atom. The van der Waals surface area contributed by atoms with Crippen molar-refractivity contribution in [2.75, 3.05) is 25.6 Å². The molecule has 232 valence electrons. The molecule has 13 heteroatoms. The number of halogens is 2. The smallest absolute Gasteiger partial charge is 0.410 e. The summed E-state index contributed by atoms with van der Waals surface area (Å²) in [5.74, 6) is -2.48. The van der Waals surface area contributed by atoms with Gasteiger partial charge in [0.25, 0.3) is 0 Å². The van der Waals surface area contributed by atoms with Crippen LogP contribution in [-0.2, 0) is 16.0 Å². The molecule has 0 unspecified atom stereocenters. The number of hydrogen-bond donors (Lipinski definition) is 2. The lowest BCUT2D eigenvalue weighted by atomic mass is 10.2. The second-order valence-corrected chi connectivity index (χ2v) is 12.3. The number of hydrogen-bond acceptors (Lipinski definition) is 8. The Labute approximate surface area is 257 Å². The lowest BCUT2D eigenvalue weighted by molar-refractivity contribution is 0.0183. The molecule has 10 nitrogen and oxygen atoms in total. The standard InChI is InChI=1S/C31H33F2N5O5S/c1-31(2,3)43-30(40)38(13-14-41-4)17-18-5-8-20(35-16-18)25-15-22-28(44-25)24(11-12-34-22)42-23-10-9-21(26(32)27(23)33)37-29(39)36-19-6-7-19/h5,8-12,15-16,19H,6-7,13-14,17H2,1-4H3,(H2,36,37,39). The highest BCUT2D eigenvalue weighted by Crippen LogP contribution is 2.40. The lowest BCUT2D eigenvalue weighted by Gasteiger charge is -2.27. The third kappa shape index (κ3) is 7.77. The first-order chi connectivity index (χ1) is 21.0. The van der Waals surface area contributed by atoms with E-state index in [0.29, 0.717) is 41.4 Å². The minimum atomic E-state index is -1.22. The summed E-state index contributed by atoms with van der Waals surface area (Å²) in [6.45, 7) is 6.45. The van der Waals surface area contributed by atoms with E-state index in [1.165, 1.54) is 29.7 Å². The first kappa shape index (κ1) is 31.1. The minimum Gasteiger partial charge on any atom is -0.453 e. The Hall–Kier alpha value is -4.36. The van der Waals surface area contributed by atoms with Gasteiger partial charge in [-0.1, -0.05) is 6.07 Å². The second kappa shape index (κ2) is 13.1. The topological polar surface area (TPSA) is 115 Å². The van der Waals surface area contributed by atoms with Crippen molar-refractivity contribution < 1.29 is 32.6 Å². The number of carbonyl (C=O) groups excluding carboxylic acids is 2. The van der Waals surface area contributed by atoms with E-state index in [-0.39, 0.29) is 17.5 Å². The molecule has 0 saturated heterocycles. The van der Waals surface area contributed by atoms with E-state index in [1.54, 1.807) is 24.3 Å². The van der Waals surface area contributed by atoms with Gasteiger partial charge >= 0.3 is 12.1 Å². The molecule has 4 aromatic rings. The van der Waals surface area contributed by atoms with Crippen molar-refractivity contribution in [3.8, 4) is 22.1 Å². The third-order valence-corrected chi connectivity index (χ3v) is 7.63. The number of amides is 3. The van der Waals surface area contributed by atoms with E-state index in [4.69, 9.17) is 14.2 Å². The quantitative estimate of drug-likeness (QED) is 0.193. The predicted molar refractivity (Wildman–Crippen MR) is 163 cm³/mol. The maximum atomic E-state index is 14.9. The van der Waals surface area contributed by atoms with Gasteiger partial charge in [0, 0.05) is 38.2 Å². The largest absolute Gasteiger partial charge is 0.453 e. The Balaban J connectivity index is 1.31. The fourth-order valence-electron chi connectivity index (χ4n) is 4.17. The molecule has 0 spiro atoms. The lowest BCUT2D eigenvalue weighted by Crippen LogP contribution is -2.38. The summed E-state index contributed by atoms with van der Waals surface area (Å²) in [4.78, 5) is 36.0. The van der Waals surface area contributed by atoms with Gasteiger partial charge in [-0.25, -0.2) is 14.0 Å². The number of rotatable bonds is 10. The summed E-state index contributed by atoms with van der Waals surface area (Å²) in [6, 6.07) is 9.12. The van der Waals surface area contributed by atoms with Gasteiger partial charge < -0.3 is 29.7 Å². The van der Waals surface area contributed by atoms with Crippen molar-refractivity contribution in [2.24, 2.45) is 0 Å². The Kier molecular flexibility index (Phi) is 9.25. The second-order valence-electron chi connectivity index (χ2n) is 11.3. The van der Waals surface area contributed by atoms with E-state index in [9.17, 15) is 18.4 Å². The van der Waals surface area contributed by atoms with Crippen molar-refractivity contribution in [3.63, 3.8) is 0 Å². The number of anilines is 1. The number of urea groups is 1. The third-order valence-electron chi connectivity index (χ3n) is 6.47. The highest BCUT2D eigenvalue weighted by Gasteiger charge is 2.25. The molecule has 1 aliphatic carbocycles. The molecule has 1 aliphatic rings. The fraction of sp³-hybridized carbons (Fsp3) is 0.355. The zero-order valence-electron chi connectivity index (χ0n) is 24.8. The van der Waals surface area contributed by atoms with Crippen LogP contribution in [0.4, 0.5) is 24.1 Å². The van der Waals surface area contributed by atoms with Crippen molar-refractivity contribution in [1.82, 2.24) is 20.2 Å². The van der Waals surface area contributed by atoms with Crippen LogP contribution in [0, 0.1) is 11.6 Å². The van der Waals surface area contributed by atoms with Crippen molar-refractivity contribution in [3.05, 3.63) is 66.0 Å². The van der Waals surface area contributed by atoms with Gasteiger partial charge in [0.15, 0.2) is 11.6 Å². The highest BCUT2D eigenvalue weighted by atomic mass is 32.1. The summed E-state index contributed by atoms with van der Waals surface area (Å²) < 4.78 is 46.8. The number of thiophene rings is 1. The molecule has 3 aromatic heterocycles. The number of aromatic nitrogens is 2. The molecule has 1 aromatic carbocycles. The zero-order chi connectivity index (χ0) is 31.4. The van der Waals surface area contributed by atoms with E-state index < -0.39 is 29.4 Å². The zero-order valence-corrected chi connectivity index (χ0v) is 25.6. The van der Waals surface area contributed by atoms with Gasteiger partial charge in [-0.05, 0) is 63.4 Å². The minimum absolute atomic E-state index is 0.0732. The average molecular weight is 626 g/mol. The number of benzene rings is 1. The van der Waals surface area contributed by atoms with Crippen LogP contribution in [0.1, 0.15) is 39.2 Å². The molecule has 2 N–H and O–H groups in total. The SMILES string of the molecule is COCCN(Cc1ccc(-c2cc3nccc(Oc4ccc(NC(=O)NC5CC5)c(F)c4F)c3s2)nc1)C(=O)OC(C)(C)C. The summed E-state index contributed by atoms with van der Waals surface area (Å²) in [6.07, 6.45) is 4.50. The van der Waals surface area contributed by atoms with Crippen molar-refractivity contribution >= 4 is 39.4 Å². The number of pyridine rings is 2. The average Bonchev–Trinajstić information content (AvgIpc) is 3.68. The van der Waals surface area contributed by atoms with Gasteiger partial charge in [0.05, 0.1) is 39.6 Å². The van der Waals surface area contributed by atoms with Crippen LogP contribution in [0.3, 0.4) is 0 Å². The summed E-state index contributed by atoms with van der Waals surface area (Å²) in [5, 5.41) is 5.00. The maximum absolute atomic E-state index is 14.9. The highest BCUT2D eigenvalue weighted by molar-refractivity contribution is 7.22. The normalized spacial score (nSPS) is 13.0. The fourth-order valence-corrected chi connectivity index (χ4v) is 5.21. The van der Waals surface area contributed by atoms with Gasteiger partial charge in [-0.15, -0.1) is 11.3 Å². The molecular weight excluding hydrogens is 592 g/mol. The molecule has 0 bridgehead atoms. The Morgan fingerprint density at radius 1 is 1.07 bits per heavy atom. The molecular formula is C31H33F2N5O5S. The predicted octanol–water partition coefficient (Wildman–Crippen LogP) is 7.10. The van der Waals surface area contributed by atoms with Crippen molar-refractivity contribution in [1.29, 1.82) is 0 Å². The molecule has 3 amide bonds. The van der Waals surface area contributed by atoms with Crippen molar-refractivity contribution in [2.45, 2.75) is 51.8 Å². The molecule has 1 saturated carbocycles. The van der Waals surface area contributed by atoms with Gasteiger partial charge in [0.1, 0.15) is 11.4 Å². The van der Waals surface area contributed by atoms with Crippen LogP contribution in [0.15, 0.2) is 48.8 Å². The first-order valence-electron chi connectivity index (χ1n) is 14.0. The summed E-state index contributed by atoms with van der Waals surface area (Å²) >= 11 is 1.34. The molecule has 0 aliphatic heterocycles. The number of methoxy groups -OCH3 is 1. The summed E-state index contributed by atoms with van der Waals surface area (Å²) in [5.41, 5.74) is 1.16. The molecule has 0 radical (unpaired) electrons. The Morgan fingerprint density at radius 3 is 2.55 bits per heavy atom. The van der Waals surface area contributed by atoms with Crippen LogP contribution in [-0.4, -0.2) is 58.9 Å². The van der Waals surface area contributed by atoms with Crippen LogP contribution < -0.4 is 15.4 Å². The monoisotopic (exact) mass is 625 g/mol. The van der Waals surface area contributed by atoms with E-state index in [0.717, 1.165) is 23.3 Å². The Bertz CT molecular complexity index is 1650. The van der Waals surface area contributed by atoms with Crippen LogP contribution in [0.25, 0.3) is 20.8 Å². The van der Waals surface area contributed by atoms with E-state index >= 15 is 0 Å². The molecule has 44 heavy (non-hydrogen) atoms. The number of nitrogens with one attached hydrogen (secondary N) is 2. The number of nitrogens with zero attached hydrogens (tertiary/aromatic N) is 3. The maximum Gasteiger partial charge on any atom is 0.410 e. The van der Waals surface area contributed by atoms with E-state index in [1.807, 2.05) is 39.0 Å². The van der Waals surface area contributed by atoms with E-state index in [2.05, 4.69) is 20.6 Å². The molecule has 0 atom stereocenters. The van der Waals surface area contributed by atoms with Crippen LogP contribution >= 0.6 is 11.3 Å². The molecule has 3 heterocycles. The molecule has 1 fully saturated rings. The van der Waals surface area contributed by atoms with Crippen LogP contribution in [0.2, 0.25) is 0 Å². The van der Waals surface area contributed by atoms with Gasteiger partial charge in [0.2, 0.25) is 5.82 Å².